The van der Waals surface area contributed by atoms with Gasteiger partial charge in [-0.15, -0.1) is 9.81 Å². The Morgan fingerprint density at radius 3 is 2.04 bits per heavy atom. The molecule has 0 saturated heterocycles. The highest BCUT2D eigenvalue weighted by atomic mass is 16.3. The Labute approximate surface area is 148 Å². The molecule has 2 N–H and O–H groups in total. The second kappa shape index (κ2) is 8.92. The fourth-order valence-corrected chi connectivity index (χ4v) is 2.58. The van der Waals surface area contributed by atoms with Gasteiger partial charge >= 0.3 is 0 Å². The average molecular weight is 340 g/mol. The van der Waals surface area contributed by atoms with Gasteiger partial charge in [-0.05, 0) is 60.3 Å². The van der Waals surface area contributed by atoms with Crippen LogP contribution in [0.1, 0.15) is 33.6 Å². The maximum atomic E-state index is 11.3. The lowest BCUT2D eigenvalue weighted by atomic mass is 10.0. The topological polar surface area (TPSA) is 82.9 Å². The molecule has 1 atom stereocenters. The van der Waals surface area contributed by atoms with Gasteiger partial charge in [-0.3, -0.25) is 0 Å². The molecule has 0 amide bonds. The highest BCUT2D eigenvalue weighted by molar-refractivity contribution is 5.88. The zero-order chi connectivity index (χ0) is 18.2. The van der Waals surface area contributed by atoms with Crippen molar-refractivity contribution in [3.63, 3.8) is 0 Å². The molecule has 0 aromatic heterocycles. The van der Waals surface area contributed by atoms with E-state index in [4.69, 9.17) is 0 Å². The maximum absolute atomic E-state index is 11.3. The molecule has 0 radical (unpaired) electrons. The molecule has 0 saturated carbocycles. The van der Waals surface area contributed by atoms with Crippen LogP contribution in [0.5, 0.6) is 0 Å². The largest absolute Gasteiger partial charge is 0.381 e. The number of anilines is 3. The van der Waals surface area contributed by atoms with Crippen molar-refractivity contribution in [1.82, 2.24) is 0 Å². The lowest BCUT2D eigenvalue weighted by Gasteiger charge is -2.18. The summed E-state index contributed by atoms with van der Waals surface area (Å²) in [7, 11) is 0. The molecule has 6 nitrogen and oxygen atoms in total. The lowest BCUT2D eigenvalue weighted by Crippen LogP contribution is -2.16. The van der Waals surface area contributed by atoms with E-state index in [0.717, 1.165) is 18.5 Å². The molecule has 0 bridgehead atoms. The molecule has 6 heteroatoms. The summed E-state index contributed by atoms with van der Waals surface area (Å²) in [5, 5.41) is 12.4. The van der Waals surface area contributed by atoms with Crippen molar-refractivity contribution in [2.75, 3.05) is 10.6 Å². The highest BCUT2D eigenvalue weighted by Crippen LogP contribution is 2.43. The summed E-state index contributed by atoms with van der Waals surface area (Å²) in [6.07, 6.45) is 2.04. The molecular weight excluding hydrogens is 316 g/mol. The van der Waals surface area contributed by atoms with Gasteiger partial charge in [0.25, 0.3) is 0 Å². The molecule has 2 aromatic carbocycles. The fourth-order valence-electron chi connectivity index (χ4n) is 2.58. The van der Waals surface area contributed by atoms with E-state index in [1.165, 1.54) is 0 Å². The molecule has 25 heavy (non-hydrogen) atoms. The van der Waals surface area contributed by atoms with Crippen molar-refractivity contribution in [3.05, 3.63) is 52.3 Å². The second-order valence-electron chi connectivity index (χ2n) is 6.55. The van der Waals surface area contributed by atoms with Crippen molar-refractivity contribution in [1.29, 1.82) is 0 Å². The minimum atomic E-state index is 0.0138. The number of para-hydroxylation sites is 1. The van der Waals surface area contributed by atoms with Crippen LogP contribution in [-0.2, 0) is 0 Å². The van der Waals surface area contributed by atoms with Gasteiger partial charge in [-0.1, -0.05) is 32.0 Å². The summed E-state index contributed by atoms with van der Waals surface area (Å²) >= 11 is 0. The third kappa shape index (κ3) is 5.11. The van der Waals surface area contributed by atoms with Crippen LogP contribution in [0.25, 0.3) is 0 Å². The Hall–Kier alpha value is -2.76. The number of nitroso groups, excluding NO2 is 2. The zero-order valence-electron chi connectivity index (χ0n) is 14.8. The van der Waals surface area contributed by atoms with E-state index in [2.05, 4.69) is 34.8 Å². The van der Waals surface area contributed by atoms with E-state index in [0.29, 0.717) is 17.3 Å². The van der Waals surface area contributed by atoms with Crippen molar-refractivity contribution >= 4 is 28.4 Å². The maximum Gasteiger partial charge on any atom is 0.162 e. The van der Waals surface area contributed by atoms with Gasteiger partial charge in [-0.25, -0.2) is 0 Å². The van der Waals surface area contributed by atoms with E-state index < -0.39 is 0 Å². The van der Waals surface area contributed by atoms with Crippen LogP contribution in [-0.4, -0.2) is 6.04 Å². The van der Waals surface area contributed by atoms with E-state index >= 15 is 0 Å². The van der Waals surface area contributed by atoms with Crippen molar-refractivity contribution in [3.8, 4) is 0 Å². The number of hydrogen-bond donors (Lipinski definition) is 2. The Morgan fingerprint density at radius 2 is 1.44 bits per heavy atom. The van der Waals surface area contributed by atoms with Crippen LogP contribution in [0.15, 0.2) is 52.8 Å². The molecule has 1 unspecified atom stereocenters. The molecule has 0 aliphatic heterocycles. The van der Waals surface area contributed by atoms with Crippen LogP contribution in [0, 0.1) is 15.7 Å². The van der Waals surface area contributed by atoms with Crippen LogP contribution >= 0.6 is 0 Å². The van der Waals surface area contributed by atoms with Crippen LogP contribution in [0.4, 0.5) is 28.4 Å². The van der Waals surface area contributed by atoms with Gasteiger partial charge in [0.1, 0.15) is 0 Å². The molecule has 2 aromatic rings. The zero-order valence-corrected chi connectivity index (χ0v) is 14.8. The first-order chi connectivity index (χ1) is 12.0. The van der Waals surface area contributed by atoms with Gasteiger partial charge in [0.05, 0.1) is 11.4 Å². The highest BCUT2D eigenvalue weighted by Gasteiger charge is 2.17. The molecular formula is C19H24N4O2. The molecule has 2 rings (SSSR count). The Morgan fingerprint density at radius 1 is 0.840 bits per heavy atom. The first-order valence-electron chi connectivity index (χ1n) is 8.47. The summed E-state index contributed by atoms with van der Waals surface area (Å²) in [5.41, 5.74) is 1.83. The third-order valence-corrected chi connectivity index (χ3v) is 3.97. The minimum Gasteiger partial charge on any atom is -0.381 e. The summed E-state index contributed by atoms with van der Waals surface area (Å²) < 4.78 is 0. The normalized spacial score (nSPS) is 11.8. The molecule has 0 aliphatic carbocycles. The van der Waals surface area contributed by atoms with Crippen molar-refractivity contribution < 1.29 is 0 Å². The van der Waals surface area contributed by atoms with E-state index in [-0.39, 0.29) is 17.4 Å². The van der Waals surface area contributed by atoms with E-state index in [1.54, 1.807) is 12.1 Å². The minimum absolute atomic E-state index is 0.0138. The van der Waals surface area contributed by atoms with E-state index in [9.17, 15) is 9.81 Å². The van der Waals surface area contributed by atoms with Gasteiger partial charge < -0.3 is 10.6 Å². The van der Waals surface area contributed by atoms with Crippen LogP contribution in [0.3, 0.4) is 0 Å². The first-order valence-corrected chi connectivity index (χ1v) is 8.47. The van der Waals surface area contributed by atoms with Crippen molar-refractivity contribution in [2.24, 2.45) is 16.3 Å². The Kier molecular flexibility index (Phi) is 6.62. The van der Waals surface area contributed by atoms with Gasteiger partial charge in [0.2, 0.25) is 0 Å². The number of nitrogens with one attached hydrogen (secondary N) is 2. The summed E-state index contributed by atoms with van der Waals surface area (Å²) in [4.78, 5) is 22.7. The number of rotatable bonds is 9. The van der Waals surface area contributed by atoms with Gasteiger partial charge in [0.15, 0.2) is 11.4 Å². The number of nitrogens with zero attached hydrogens (tertiary/aromatic N) is 2. The number of hydrogen-bond acceptors (Lipinski definition) is 6. The third-order valence-electron chi connectivity index (χ3n) is 3.97. The molecule has 132 valence electrons. The smallest absolute Gasteiger partial charge is 0.162 e. The predicted molar refractivity (Wildman–Crippen MR) is 104 cm³/mol. The molecule has 0 heterocycles. The van der Waals surface area contributed by atoms with Crippen LogP contribution in [0.2, 0.25) is 0 Å². The van der Waals surface area contributed by atoms with Gasteiger partial charge in [-0.2, -0.15) is 0 Å². The summed E-state index contributed by atoms with van der Waals surface area (Å²) in [5.74, 6) is 0.609. The predicted octanol–water partition coefficient (Wildman–Crippen LogP) is 6.46. The summed E-state index contributed by atoms with van der Waals surface area (Å²) in [6.45, 7) is 6.38. The Balaban J connectivity index is 2.25. The molecule has 0 spiro atoms. The first kappa shape index (κ1) is 18.6. The second-order valence-corrected chi connectivity index (χ2v) is 6.55. The molecule has 0 fully saturated rings. The SMILES string of the molecule is CC(C)CCC(C)Nc1ccc(Nc2ccccc2)c(N=O)c1N=O. The van der Waals surface area contributed by atoms with Crippen molar-refractivity contribution in [2.45, 2.75) is 39.7 Å². The fraction of sp³-hybridized carbons (Fsp3) is 0.368. The number of benzene rings is 2. The van der Waals surface area contributed by atoms with E-state index in [1.807, 2.05) is 37.3 Å². The quantitative estimate of drug-likeness (QED) is 0.513. The molecule has 0 aliphatic rings. The average Bonchev–Trinajstić information content (AvgIpc) is 2.61. The monoisotopic (exact) mass is 340 g/mol. The van der Waals surface area contributed by atoms with Gasteiger partial charge in [0, 0.05) is 11.7 Å². The standard InChI is InChI=1S/C19H24N4O2/c1-13(2)9-10-14(3)20-16-11-12-17(19(23-25)18(16)22-24)21-15-7-5-4-6-8-15/h4-8,11-14,20-21H,9-10H2,1-3H3. The summed E-state index contributed by atoms with van der Waals surface area (Å²) in [6, 6.07) is 13.0. The van der Waals surface area contributed by atoms with Crippen LogP contribution < -0.4 is 10.6 Å². The Bertz CT molecular complexity index is 717. The lowest BCUT2D eigenvalue weighted by molar-refractivity contribution is 0.528.